The van der Waals surface area contributed by atoms with Crippen molar-refractivity contribution in [2.75, 3.05) is 18.7 Å². The Bertz CT molecular complexity index is 1600. The highest BCUT2D eigenvalue weighted by molar-refractivity contribution is 7.19. The molecule has 0 aliphatic heterocycles. The summed E-state index contributed by atoms with van der Waals surface area (Å²) in [5, 5.41) is 12.8. The molecule has 4 aromatic rings. The Morgan fingerprint density at radius 3 is 2.71 bits per heavy atom. The number of fused-ring (bicyclic) bond motifs is 4. The van der Waals surface area contributed by atoms with Gasteiger partial charge in [-0.1, -0.05) is 11.6 Å². The Morgan fingerprint density at radius 2 is 1.98 bits per heavy atom. The van der Waals surface area contributed by atoms with E-state index in [-0.39, 0.29) is 41.3 Å². The largest absolute Gasteiger partial charge is 0.438 e. The van der Waals surface area contributed by atoms with Crippen LogP contribution in [-0.4, -0.2) is 61.9 Å². The second-order valence-corrected chi connectivity index (χ2v) is 11.9. The Morgan fingerprint density at radius 1 is 1.19 bits per heavy atom. The fraction of sp³-hybridized carbons (Fsp3) is 0.444. The highest BCUT2D eigenvalue weighted by Gasteiger charge is 2.48. The topological polar surface area (TPSA) is 144 Å². The average molecular weight is 621 g/mol. The Hall–Kier alpha value is -3.30. The Balaban J connectivity index is 1.36. The zero-order chi connectivity index (χ0) is 29.4. The van der Waals surface area contributed by atoms with Crippen LogP contribution in [0.15, 0.2) is 24.5 Å². The van der Waals surface area contributed by atoms with Crippen molar-refractivity contribution >= 4 is 45.9 Å². The number of ether oxygens (including phenoxy) is 3. The predicted octanol–water partition coefficient (Wildman–Crippen LogP) is 5.12. The van der Waals surface area contributed by atoms with Crippen LogP contribution in [0.1, 0.15) is 32.6 Å². The van der Waals surface area contributed by atoms with Gasteiger partial charge in [-0.15, -0.1) is 11.3 Å². The number of nitrogens with one attached hydrogen (secondary N) is 2. The number of aliphatic hydroxyl groups is 1. The highest BCUT2D eigenvalue weighted by atomic mass is 35.5. The van der Waals surface area contributed by atoms with Crippen molar-refractivity contribution in [2.24, 2.45) is 17.8 Å². The number of carbonyl (C=O) groups excluding carboxylic acids is 1. The number of H-pyrrole nitrogens is 1. The lowest BCUT2D eigenvalue weighted by Gasteiger charge is -2.47. The fourth-order valence-corrected chi connectivity index (χ4v) is 6.93. The molecule has 3 saturated carbocycles. The van der Waals surface area contributed by atoms with Gasteiger partial charge in [0.05, 0.1) is 26.9 Å². The highest BCUT2D eigenvalue weighted by Crippen LogP contribution is 2.47. The van der Waals surface area contributed by atoms with Gasteiger partial charge >= 0.3 is 5.97 Å². The number of hydrogen-bond donors (Lipinski definition) is 3. The van der Waals surface area contributed by atoms with E-state index in [2.05, 4.69) is 30.2 Å². The maximum absolute atomic E-state index is 16.2. The number of rotatable bonds is 10. The summed E-state index contributed by atoms with van der Waals surface area (Å²) < 4.78 is 45.9. The molecule has 11 nitrogen and oxygen atoms in total. The molecular weight excluding hydrogens is 594 g/mol. The van der Waals surface area contributed by atoms with Gasteiger partial charge in [0.1, 0.15) is 11.2 Å². The third-order valence-electron chi connectivity index (χ3n) is 7.77. The number of anilines is 1. The molecule has 3 atom stereocenters. The number of esters is 1. The van der Waals surface area contributed by atoms with E-state index in [1.165, 1.54) is 6.20 Å². The van der Waals surface area contributed by atoms with Gasteiger partial charge in [0.2, 0.25) is 5.95 Å². The number of halogens is 3. The van der Waals surface area contributed by atoms with Gasteiger partial charge in [0, 0.05) is 18.8 Å². The zero-order valence-electron chi connectivity index (χ0n) is 22.3. The minimum absolute atomic E-state index is 0.00322. The van der Waals surface area contributed by atoms with Gasteiger partial charge in [-0.2, -0.15) is 4.39 Å². The van der Waals surface area contributed by atoms with Crippen LogP contribution in [0.2, 0.25) is 4.34 Å². The summed E-state index contributed by atoms with van der Waals surface area (Å²) in [6, 6.07) is 2.80. The molecular formula is C27H27ClF2N6O5S. The minimum Gasteiger partial charge on any atom is -0.438 e. The lowest BCUT2D eigenvalue weighted by atomic mass is 9.61. The zero-order valence-corrected chi connectivity index (χ0v) is 23.9. The molecule has 222 valence electrons. The van der Waals surface area contributed by atoms with Crippen molar-refractivity contribution < 1.29 is 32.9 Å². The van der Waals surface area contributed by atoms with E-state index in [4.69, 9.17) is 25.8 Å². The molecule has 4 heterocycles. The fourth-order valence-electron chi connectivity index (χ4n) is 5.90. The molecule has 42 heavy (non-hydrogen) atoms. The lowest BCUT2D eigenvalue weighted by molar-refractivity contribution is -0.287. The van der Waals surface area contributed by atoms with Crippen LogP contribution in [0.4, 0.5) is 14.6 Å². The molecule has 3 fully saturated rings. The summed E-state index contributed by atoms with van der Waals surface area (Å²) in [4.78, 5) is 33.6. The first kappa shape index (κ1) is 28.8. The van der Waals surface area contributed by atoms with Gasteiger partial charge in [-0.25, -0.2) is 24.3 Å². The van der Waals surface area contributed by atoms with Crippen LogP contribution in [-0.2, 0) is 19.0 Å². The molecule has 3 aliphatic rings. The number of hydrogen-bond acceptors (Lipinski definition) is 11. The normalized spacial score (nSPS) is 22.4. The summed E-state index contributed by atoms with van der Waals surface area (Å²) in [6.45, 7) is -0.0956. The standard InChI is InChI=1S/C27H27ClF2N6O5S/c1-2-39-27(38)41-11-40-26(37)18-12-3-5-13(6-4-12)20(18)34-24-19(30)22(15-7-8-16(28)42-15)35-23(36-24)14-9-31-25-21(14)33-17(29)10-32-25/h7-10,12-13,18,20,27,38H,2-6,11H2,1H3,(H,31,32)(H,34,35,36)/t12?,13?,18-,20-,27?/m0/s1. The van der Waals surface area contributed by atoms with Crippen molar-refractivity contribution in [1.29, 1.82) is 0 Å². The van der Waals surface area contributed by atoms with E-state index in [1.807, 2.05) is 0 Å². The molecule has 4 aromatic heterocycles. The third-order valence-corrected chi connectivity index (χ3v) is 9.00. The molecule has 1 unspecified atom stereocenters. The first-order chi connectivity index (χ1) is 20.3. The number of carbonyl (C=O) groups is 1. The van der Waals surface area contributed by atoms with Crippen molar-refractivity contribution in [2.45, 2.75) is 45.1 Å². The average Bonchev–Trinajstić information content (AvgIpc) is 3.60. The van der Waals surface area contributed by atoms with E-state index in [9.17, 15) is 14.3 Å². The number of aromatic nitrogens is 5. The van der Waals surface area contributed by atoms with Gasteiger partial charge in [0.25, 0.3) is 6.48 Å². The van der Waals surface area contributed by atoms with Crippen LogP contribution in [0.25, 0.3) is 33.1 Å². The SMILES string of the molecule is CCOC(O)OCOC(=O)[C@H]1C2CCC(CC2)[C@@H]1Nc1nc(-c2c[nH]c3ncc(F)nc23)nc(-c2ccc(Cl)s2)c1F. The van der Waals surface area contributed by atoms with Crippen molar-refractivity contribution in [3.63, 3.8) is 0 Å². The molecule has 3 N–H and O–H groups in total. The minimum atomic E-state index is -1.51. The number of aliphatic hydroxyl groups excluding tert-OH is 1. The Labute approximate surface area is 247 Å². The van der Waals surface area contributed by atoms with Gasteiger partial charge < -0.3 is 24.9 Å². The van der Waals surface area contributed by atoms with Gasteiger partial charge in [-0.05, 0) is 56.6 Å². The molecule has 0 radical (unpaired) electrons. The summed E-state index contributed by atoms with van der Waals surface area (Å²) in [5.41, 5.74) is 0.834. The van der Waals surface area contributed by atoms with Crippen LogP contribution >= 0.6 is 22.9 Å². The van der Waals surface area contributed by atoms with E-state index >= 15 is 4.39 Å². The molecule has 3 aliphatic carbocycles. The molecule has 0 amide bonds. The lowest BCUT2D eigenvalue weighted by Crippen LogP contribution is -2.52. The third kappa shape index (κ3) is 5.69. The summed E-state index contributed by atoms with van der Waals surface area (Å²) in [5.74, 6) is -2.57. The van der Waals surface area contributed by atoms with Crippen LogP contribution < -0.4 is 5.32 Å². The van der Waals surface area contributed by atoms with E-state index < -0.39 is 43.0 Å². The maximum atomic E-state index is 16.2. The van der Waals surface area contributed by atoms with Crippen LogP contribution in [0, 0.1) is 29.5 Å². The van der Waals surface area contributed by atoms with Crippen molar-refractivity contribution in [3.05, 3.63) is 40.6 Å². The summed E-state index contributed by atoms with van der Waals surface area (Å²) >= 11 is 7.30. The van der Waals surface area contributed by atoms with Crippen LogP contribution in [0.3, 0.4) is 0 Å². The second kappa shape index (κ2) is 12.1. The van der Waals surface area contributed by atoms with Gasteiger partial charge in [0.15, 0.2) is 29.9 Å². The van der Waals surface area contributed by atoms with Crippen LogP contribution in [0.5, 0.6) is 0 Å². The quantitative estimate of drug-likeness (QED) is 0.161. The van der Waals surface area contributed by atoms with E-state index in [1.54, 1.807) is 19.1 Å². The molecule has 0 saturated heterocycles. The van der Waals surface area contributed by atoms with Crippen molar-refractivity contribution in [3.8, 4) is 22.0 Å². The number of thiophene rings is 1. The second-order valence-electron chi connectivity index (χ2n) is 10.1. The molecule has 2 bridgehead atoms. The van der Waals surface area contributed by atoms with Gasteiger partial charge in [-0.3, -0.25) is 9.53 Å². The van der Waals surface area contributed by atoms with E-state index in [0.717, 1.165) is 43.2 Å². The van der Waals surface area contributed by atoms with E-state index in [0.29, 0.717) is 20.4 Å². The Kier molecular flexibility index (Phi) is 8.32. The maximum Gasteiger partial charge on any atom is 0.313 e. The summed E-state index contributed by atoms with van der Waals surface area (Å²) in [6.07, 6.45) is 5.90. The number of nitrogens with zero attached hydrogens (tertiary/aromatic N) is 4. The summed E-state index contributed by atoms with van der Waals surface area (Å²) in [7, 11) is 0. The first-order valence-electron chi connectivity index (χ1n) is 13.5. The predicted molar refractivity (Wildman–Crippen MR) is 149 cm³/mol. The smallest absolute Gasteiger partial charge is 0.313 e. The number of aromatic amines is 1. The molecule has 0 spiro atoms. The molecule has 7 rings (SSSR count). The first-order valence-corrected chi connectivity index (χ1v) is 14.7. The molecule has 15 heteroatoms. The van der Waals surface area contributed by atoms with Crippen molar-refractivity contribution in [1.82, 2.24) is 24.9 Å². The monoisotopic (exact) mass is 620 g/mol. The molecule has 0 aromatic carbocycles.